The monoisotopic (exact) mass is 239 g/mol. The van der Waals surface area contributed by atoms with E-state index in [0.717, 1.165) is 25.3 Å². The van der Waals surface area contributed by atoms with Crippen molar-refractivity contribution in [2.24, 2.45) is 0 Å². The van der Waals surface area contributed by atoms with E-state index in [1.54, 1.807) is 11.3 Å². The van der Waals surface area contributed by atoms with E-state index < -0.39 is 0 Å². The SMILES string of the molecule is CCC1CN(Cc2nc(C)cs2)CCCN1. The van der Waals surface area contributed by atoms with Crippen molar-refractivity contribution in [3.63, 3.8) is 0 Å². The van der Waals surface area contributed by atoms with Crippen LogP contribution in [0.15, 0.2) is 5.38 Å². The summed E-state index contributed by atoms with van der Waals surface area (Å²) in [6, 6.07) is 0.656. The lowest BCUT2D eigenvalue weighted by Gasteiger charge is -2.22. The van der Waals surface area contributed by atoms with E-state index in [0.29, 0.717) is 6.04 Å². The minimum absolute atomic E-state index is 0.656. The van der Waals surface area contributed by atoms with Gasteiger partial charge < -0.3 is 5.32 Å². The molecule has 1 aromatic rings. The molecule has 2 heterocycles. The Balaban J connectivity index is 1.92. The predicted octanol–water partition coefficient (Wildman–Crippen LogP) is 2.03. The minimum atomic E-state index is 0.656. The number of thiazole rings is 1. The fourth-order valence-electron chi connectivity index (χ4n) is 2.16. The number of nitrogens with one attached hydrogen (secondary N) is 1. The van der Waals surface area contributed by atoms with Gasteiger partial charge in [0.1, 0.15) is 5.01 Å². The van der Waals surface area contributed by atoms with Gasteiger partial charge in [0.25, 0.3) is 0 Å². The first-order chi connectivity index (χ1) is 7.78. The number of hydrogen-bond acceptors (Lipinski definition) is 4. The molecule has 0 aromatic carbocycles. The van der Waals surface area contributed by atoms with Crippen LogP contribution in [-0.4, -0.2) is 35.6 Å². The van der Waals surface area contributed by atoms with Crippen molar-refractivity contribution in [1.29, 1.82) is 0 Å². The molecule has 1 atom stereocenters. The highest BCUT2D eigenvalue weighted by molar-refractivity contribution is 7.09. The third-order valence-corrected chi connectivity index (χ3v) is 4.03. The Kier molecular flexibility index (Phi) is 4.32. The van der Waals surface area contributed by atoms with Gasteiger partial charge in [0.15, 0.2) is 0 Å². The Labute approximate surface area is 102 Å². The third-order valence-electron chi connectivity index (χ3n) is 3.08. The fourth-order valence-corrected chi connectivity index (χ4v) is 2.97. The van der Waals surface area contributed by atoms with E-state index >= 15 is 0 Å². The van der Waals surface area contributed by atoms with Gasteiger partial charge in [-0.05, 0) is 32.9 Å². The maximum atomic E-state index is 4.54. The summed E-state index contributed by atoms with van der Waals surface area (Å²) < 4.78 is 0. The highest BCUT2D eigenvalue weighted by Gasteiger charge is 2.16. The molecule has 0 spiro atoms. The summed E-state index contributed by atoms with van der Waals surface area (Å²) in [5.41, 5.74) is 1.15. The Hall–Kier alpha value is -0.450. The molecular formula is C12H21N3S. The number of nitrogens with zero attached hydrogens (tertiary/aromatic N) is 2. The summed E-state index contributed by atoms with van der Waals surface area (Å²) in [4.78, 5) is 7.08. The molecule has 1 saturated heterocycles. The van der Waals surface area contributed by atoms with E-state index in [2.05, 4.69) is 34.4 Å². The molecule has 1 fully saturated rings. The van der Waals surface area contributed by atoms with Crippen LogP contribution in [0.4, 0.5) is 0 Å². The van der Waals surface area contributed by atoms with Crippen molar-refractivity contribution in [3.8, 4) is 0 Å². The van der Waals surface area contributed by atoms with Crippen LogP contribution in [-0.2, 0) is 6.54 Å². The largest absolute Gasteiger partial charge is 0.313 e. The van der Waals surface area contributed by atoms with Crippen LogP contribution in [0.2, 0.25) is 0 Å². The second kappa shape index (κ2) is 5.75. The molecule has 2 rings (SSSR count). The molecule has 3 nitrogen and oxygen atoms in total. The average molecular weight is 239 g/mol. The first kappa shape index (κ1) is 12.0. The fraction of sp³-hybridized carbons (Fsp3) is 0.750. The lowest BCUT2D eigenvalue weighted by atomic mass is 10.2. The summed E-state index contributed by atoms with van der Waals surface area (Å²) in [5.74, 6) is 0. The molecule has 1 N–H and O–H groups in total. The second-order valence-electron chi connectivity index (χ2n) is 4.53. The number of rotatable bonds is 3. The maximum Gasteiger partial charge on any atom is 0.107 e. The maximum absolute atomic E-state index is 4.54. The molecule has 1 aliphatic rings. The molecule has 0 amide bonds. The summed E-state index contributed by atoms with van der Waals surface area (Å²) in [7, 11) is 0. The van der Waals surface area contributed by atoms with Crippen molar-refractivity contribution in [3.05, 3.63) is 16.1 Å². The molecule has 0 radical (unpaired) electrons. The summed E-state index contributed by atoms with van der Waals surface area (Å²) in [6.07, 6.45) is 2.47. The third kappa shape index (κ3) is 3.27. The number of aryl methyl sites for hydroxylation is 1. The van der Waals surface area contributed by atoms with E-state index in [1.807, 2.05) is 0 Å². The van der Waals surface area contributed by atoms with E-state index in [9.17, 15) is 0 Å². The highest BCUT2D eigenvalue weighted by atomic mass is 32.1. The van der Waals surface area contributed by atoms with Gasteiger partial charge in [-0.2, -0.15) is 0 Å². The van der Waals surface area contributed by atoms with Crippen LogP contribution < -0.4 is 5.32 Å². The zero-order valence-corrected chi connectivity index (χ0v) is 11.0. The summed E-state index contributed by atoms with van der Waals surface area (Å²) in [6.45, 7) is 8.87. The standard InChI is InChI=1S/C12H21N3S/c1-3-11-7-15(6-4-5-13-11)8-12-14-10(2)9-16-12/h9,11,13H,3-8H2,1-2H3. The van der Waals surface area contributed by atoms with Crippen LogP contribution in [0.3, 0.4) is 0 Å². The van der Waals surface area contributed by atoms with Crippen LogP contribution in [0.1, 0.15) is 30.5 Å². The molecule has 4 heteroatoms. The van der Waals surface area contributed by atoms with Crippen LogP contribution >= 0.6 is 11.3 Å². The average Bonchev–Trinajstić information content (AvgIpc) is 2.55. The first-order valence-electron chi connectivity index (χ1n) is 6.14. The van der Waals surface area contributed by atoms with E-state index in [-0.39, 0.29) is 0 Å². The zero-order chi connectivity index (χ0) is 11.4. The van der Waals surface area contributed by atoms with Gasteiger partial charge in [0, 0.05) is 23.7 Å². The van der Waals surface area contributed by atoms with Gasteiger partial charge in [-0.1, -0.05) is 6.92 Å². The number of aromatic nitrogens is 1. The molecule has 90 valence electrons. The van der Waals surface area contributed by atoms with E-state index in [4.69, 9.17) is 0 Å². The Bertz CT molecular complexity index is 324. The smallest absolute Gasteiger partial charge is 0.107 e. The highest BCUT2D eigenvalue weighted by Crippen LogP contribution is 2.13. The first-order valence-corrected chi connectivity index (χ1v) is 7.02. The Morgan fingerprint density at radius 2 is 2.50 bits per heavy atom. The molecule has 1 aromatic heterocycles. The Morgan fingerprint density at radius 3 is 3.19 bits per heavy atom. The lowest BCUT2D eigenvalue weighted by molar-refractivity contribution is 0.257. The quantitative estimate of drug-likeness (QED) is 0.875. The second-order valence-corrected chi connectivity index (χ2v) is 5.47. The van der Waals surface area contributed by atoms with E-state index in [1.165, 1.54) is 24.4 Å². The van der Waals surface area contributed by atoms with Gasteiger partial charge in [-0.25, -0.2) is 4.98 Å². The lowest BCUT2D eigenvalue weighted by Crippen LogP contribution is -2.36. The van der Waals surface area contributed by atoms with Crippen molar-refractivity contribution in [2.75, 3.05) is 19.6 Å². The van der Waals surface area contributed by atoms with Crippen molar-refractivity contribution in [1.82, 2.24) is 15.2 Å². The predicted molar refractivity (Wildman–Crippen MR) is 68.8 cm³/mol. The number of hydrogen-bond donors (Lipinski definition) is 1. The van der Waals surface area contributed by atoms with Gasteiger partial charge in [0.05, 0.1) is 6.54 Å². The van der Waals surface area contributed by atoms with Crippen LogP contribution in [0.5, 0.6) is 0 Å². The van der Waals surface area contributed by atoms with Crippen molar-refractivity contribution < 1.29 is 0 Å². The van der Waals surface area contributed by atoms with Crippen molar-refractivity contribution in [2.45, 2.75) is 39.3 Å². The molecular weight excluding hydrogens is 218 g/mol. The normalized spacial score (nSPS) is 23.2. The summed E-state index contributed by atoms with van der Waals surface area (Å²) >= 11 is 1.79. The molecule has 16 heavy (non-hydrogen) atoms. The minimum Gasteiger partial charge on any atom is -0.313 e. The van der Waals surface area contributed by atoms with Gasteiger partial charge >= 0.3 is 0 Å². The summed E-state index contributed by atoms with van der Waals surface area (Å²) in [5, 5.41) is 6.99. The van der Waals surface area contributed by atoms with Crippen LogP contribution in [0, 0.1) is 6.92 Å². The van der Waals surface area contributed by atoms with Gasteiger partial charge in [-0.3, -0.25) is 4.90 Å². The Morgan fingerprint density at radius 1 is 1.62 bits per heavy atom. The molecule has 0 aliphatic carbocycles. The van der Waals surface area contributed by atoms with Gasteiger partial charge in [0.2, 0.25) is 0 Å². The molecule has 0 bridgehead atoms. The molecule has 1 aliphatic heterocycles. The molecule has 1 unspecified atom stereocenters. The molecule has 0 saturated carbocycles. The van der Waals surface area contributed by atoms with Crippen LogP contribution in [0.25, 0.3) is 0 Å². The zero-order valence-electron chi connectivity index (χ0n) is 10.2. The van der Waals surface area contributed by atoms with Crippen molar-refractivity contribution >= 4 is 11.3 Å². The van der Waals surface area contributed by atoms with Gasteiger partial charge in [-0.15, -0.1) is 11.3 Å². The topological polar surface area (TPSA) is 28.2 Å².